The number of ether oxygens (including phenoxy) is 1. The molecule has 0 aromatic rings. The summed E-state index contributed by atoms with van der Waals surface area (Å²) < 4.78 is 4.92. The van der Waals surface area contributed by atoms with E-state index >= 15 is 0 Å². The maximum Gasteiger partial charge on any atom is 0.303 e. The number of carbonyl (C=O) groups is 1. The second kappa shape index (κ2) is 8.97. The van der Waals surface area contributed by atoms with Crippen molar-refractivity contribution in [2.75, 3.05) is 20.3 Å². The van der Waals surface area contributed by atoms with Crippen molar-refractivity contribution in [2.24, 2.45) is 0 Å². The van der Waals surface area contributed by atoms with Crippen LogP contribution in [0.4, 0.5) is 0 Å². The van der Waals surface area contributed by atoms with E-state index in [9.17, 15) is 4.79 Å². The van der Waals surface area contributed by atoms with E-state index in [0.29, 0.717) is 6.42 Å². The van der Waals surface area contributed by atoms with Crippen LogP contribution in [0, 0.1) is 0 Å². The van der Waals surface area contributed by atoms with Crippen molar-refractivity contribution in [2.45, 2.75) is 38.6 Å². The van der Waals surface area contributed by atoms with Crippen LogP contribution in [0.15, 0.2) is 0 Å². The third kappa shape index (κ3) is 9.48. The van der Waals surface area contributed by atoms with Gasteiger partial charge in [-0.05, 0) is 32.7 Å². The molecule has 0 heterocycles. The monoisotopic (exact) mass is 203 g/mol. The first-order valence-corrected chi connectivity index (χ1v) is 5.11. The van der Waals surface area contributed by atoms with Gasteiger partial charge in [-0.1, -0.05) is 0 Å². The predicted molar refractivity (Wildman–Crippen MR) is 55.4 cm³/mol. The summed E-state index contributed by atoms with van der Waals surface area (Å²) in [4.78, 5) is 10.3. The Kier molecular flexibility index (Phi) is 8.57. The molecule has 4 nitrogen and oxygen atoms in total. The topological polar surface area (TPSA) is 58.6 Å². The van der Waals surface area contributed by atoms with Crippen LogP contribution in [0.1, 0.15) is 32.6 Å². The molecule has 0 saturated carbocycles. The molecular weight excluding hydrogens is 182 g/mol. The van der Waals surface area contributed by atoms with Crippen LogP contribution in [0.2, 0.25) is 0 Å². The minimum atomic E-state index is -0.724. The Bertz CT molecular complexity index is 150. The van der Waals surface area contributed by atoms with Gasteiger partial charge in [0, 0.05) is 26.2 Å². The fraction of sp³-hybridized carbons (Fsp3) is 0.900. The number of nitrogens with one attached hydrogen (secondary N) is 1. The Labute approximate surface area is 85.6 Å². The highest BCUT2D eigenvalue weighted by Gasteiger charge is 2.03. The van der Waals surface area contributed by atoms with Gasteiger partial charge in [-0.15, -0.1) is 0 Å². The number of unbranched alkanes of at least 4 members (excludes halogenated alkanes) is 1. The third-order valence-electron chi connectivity index (χ3n) is 2.06. The van der Waals surface area contributed by atoms with Crippen molar-refractivity contribution < 1.29 is 14.6 Å². The second-order valence-electron chi connectivity index (χ2n) is 3.49. The van der Waals surface area contributed by atoms with Gasteiger partial charge in [-0.2, -0.15) is 0 Å². The lowest BCUT2D eigenvalue weighted by Crippen LogP contribution is -2.27. The van der Waals surface area contributed by atoms with Gasteiger partial charge in [0.2, 0.25) is 0 Å². The Morgan fingerprint density at radius 1 is 1.50 bits per heavy atom. The minimum Gasteiger partial charge on any atom is -0.481 e. The normalized spacial score (nSPS) is 12.7. The summed E-state index contributed by atoms with van der Waals surface area (Å²) in [5.74, 6) is -0.724. The molecule has 0 amide bonds. The molecule has 0 fully saturated rings. The largest absolute Gasteiger partial charge is 0.481 e. The van der Waals surface area contributed by atoms with Gasteiger partial charge in [0.15, 0.2) is 0 Å². The predicted octanol–water partition coefficient (Wildman–Crippen LogP) is 1.26. The highest BCUT2D eigenvalue weighted by molar-refractivity contribution is 5.66. The van der Waals surface area contributed by atoms with Gasteiger partial charge in [0.1, 0.15) is 0 Å². The van der Waals surface area contributed by atoms with Crippen molar-refractivity contribution >= 4 is 5.97 Å². The Morgan fingerprint density at radius 2 is 2.21 bits per heavy atom. The molecule has 0 aliphatic rings. The quantitative estimate of drug-likeness (QED) is 0.554. The summed E-state index contributed by atoms with van der Waals surface area (Å²) in [6, 6.07) is 0.286. The molecule has 0 radical (unpaired) electrons. The SMILES string of the molecule is COCCCCNC(C)CCC(=O)O. The van der Waals surface area contributed by atoms with Crippen molar-refractivity contribution in [1.82, 2.24) is 5.32 Å². The summed E-state index contributed by atoms with van der Waals surface area (Å²) in [5.41, 5.74) is 0. The fourth-order valence-electron chi connectivity index (χ4n) is 1.16. The van der Waals surface area contributed by atoms with Gasteiger partial charge in [0.25, 0.3) is 0 Å². The van der Waals surface area contributed by atoms with E-state index in [1.165, 1.54) is 0 Å². The van der Waals surface area contributed by atoms with Gasteiger partial charge in [-0.3, -0.25) is 4.79 Å². The fourth-order valence-corrected chi connectivity index (χ4v) is 1.16. The molecule has 14 heavy (non-hydrogen) atoms. The number of methoxy groups -OCH3 is 1. The third-order valence-corrected chi connectivity index (χ3v) is 2.06. The number of carboxylic acids is 1. The molecule has 1 atom stereocenters. The Morgan fingerprint density at radius 3 is 2.79 bits per heavy atom. The average Bonchev–Trinajstić information content (AvgIpc) is 2.14. The number of hydrogen-bond donors (Lipinski definition) is 2. The van der Waals surface area contributed by atoms with Crippen LogP contribution in [0.25, 0.3) is 0 Å². The van der Waals surface area contributed by atoms with Gasteiger partial charge in [0.05, 0.1) is 0 Å². The van der Waals surface area contributed by atoms with Crippen LogP contribution in [0.3, 0.4) is 0 Å². The minimum absolute atomic E-state index is 0.242. The van der Waals surface area contributed by atoms with Crippen molar-refractivity contribution in [3.8, 4) is 0 Å². The first kappa shape index (κ1) is 13.4. The maximum atomic E-state index is 10.3. The van der Waals surface area contributed by atoms with Crippen LogP contribution < -0.4 is 5.32 Å². The van der Waals surface area contributed by atoms with Crippen LogP contribution >= 0.6 is 0 Å². The molecule has 0 spiro atoms. The zero-order chi connectivity index (χ0) is 10.8. The number of rotatable bonds is 9. The maximum absolute atomic E-state index is 10.3. The molecule has 0 saturated heterocycles. The summed E-state index contributed by atoms with van der Waals surface area (Å²) >= 11 is 0. The molecule has 1 unspecified atom stereocenters. The Balaban J connectivity index is 3.18. The highest BCUT2D eigenvalue weighted by atomic mass is 16.5. The molecule has 84 valence electrons. The number of aliphatic carboxylic acids is 1. The van der Waals surface area contributed by atoms with Gasteiger partial charge in [-0.25, -0.2) is 0 Å². The van der Waals surface area contributed by atoms with Crippen LogP contribution in [-0.4, -0.2) is 37.4 Å². The molecule has 2 N–H and O–H groups in total. The lowest BCUT2D eigenvalue weighted by atomic mass is 10.2. The average molecular weight is 203 g/mol. The van der Waals surface area contributed by atoms with Crippen LogP contribution in [0.5, 0.6) is 0 Å². The molecular formula is C10H21NO3. The highest BCUT2D eigenvalue weighted by Crippen LogP contribution is 1.97. The zero-order valence-electron chi connectivity index (χ0n) is 9.08. The first-order valence-electron chi connectivity index (χ1n) is 5.11. The molecule has 0 aromatic carbocycles. The van der Waals surface area contributed by atoms with E-state index in [1.54, 1.807) is 7.11 Å². The van der Waals surface area contributed by atoms with E-state index in [1.807, 2.05) is 6.92 Å². The molecule has 0 aliphatic carbocycles. The van der Waals surface area contributed by atoms with E-state index in [0.717, 1.165) is 26.0 Å². The lowest BCUT2D eigenvalue weighted by molar-refractivity contribution is -0.137. The van der Waals surface area contributed by atoms with Gasteiger partial charge < -0.3 is 15.2 Å². The summed E-state index contributed by atoms with van der Waals surface area (Å²) in [6.45, 7) is 3.74. The number of carboxylic acid groups (broad SMARTS) is 1. The van der Waals surface area contributed by atoms with Gasteiger partial charge >= 0.3 is 5.97 Å². The summed E-state index contributed by atoms with van der Waals surface area (Å²) in [5, 5.41) is 11.7. The molecule has 0 aliphatic heterocycles. The molecule has 4 heteroatoms. The lowest BCUT2D eigenvalue weighted by Gasteiger charge is -2.11. The standard InChI is InChI=1S/C10H21NO3/c1-9(5-6-10(12)13)11-7-3-4-8-14-2/h9,11H,3-8H2,1-2H3,(H,12,13). The summed E-state index contributed by atoms with van der Waals surface area (Å²) in [6.07, 6.45) is 3.06. The Hall–Kier alpha value is -0.610. The van der Waals surface area contributed by atoms with E-state index in [2.05, 4.69) is 5.32 Å². The number of hydrogen-bond acceptors (Lipinski definition) is 3. The van der Waals surface area contributed by atoms with Crippen molar-refractivity contribution in [1.29, 1.82) is 0 Å². The molecule has 0 aromatic heterocycles. The first-order chi connectivity index (χ1) is 6.66. The summed E-state index contributed by atoms with van der Waals surface area (Å²) in [7, 11) is 1.70. The van der Waals surface area contributed by atoms with E-state index in [4.69, 9.17) is 9.84 Å². The zero-order valence-corrected chi connectivity index (χ0v) is 9.08. The van der Waals surface area contributed by atoms with Crippen molar-refractivity contribution in [3.05, 3.63) is 0 Å². The van der Waals surface area contributed by atoms with E-state index in [-0.39, 0.29) is 12.5 Å². The van der Waals surface area contributed by atoms with Crippen molar-refractivity contribution in [3.63, 3.8) is 0 Å². The molecule has 0 rings (SSSR count). The smallest absolute Gasteiger partial charge is 0.303 e. The molecule has 0 bridgehead atoms. The second-order valence-corrected chi connectivity index (χ2v) is 3.49. The van der Waals surface area contributed by atoms with E-state index < -0.39 is 5.97 Å². The van der Waals surface area contributed by atoms with Crippen LogP contribution in [-0.2, 0) is 9.53 Å².